The molecule has 0 unspecified atom stereocenters. The lowest BCUT2D eigenvalue weighted by Crippen LogP contribution is -2.48. The van der Waals surface area contributed by atoms with Gasteiger partial charge < -0.3 is 19.1 Å². The average molecular weight is 315 g/mol. The molecule has 130 valence electrons. The van der Waals surface area contributed by atoms with Crippen LogP contribution < -0.4 is 0 Å². The second-order valence-electron chi connectivity index (χ2n) is 7.49. The Balaban J connectivity index is 2.87. The van der Waals surface area contributed by atoms with Gasteiger partial charge in [0.15, 0.2) is 5.79 Å². The van der Waals surface area contributed by atoms with Crippen molar-refractivity contribution in [1.29, 1.82) is 0 Å². The lowest BCUT2D eigenvalue weighted by Gasteiger charge is -2.34. The molecule has 0 aromatic heterocycles. The van der Waals surface area contributed by atoms with Gasteiger partial charge in [0.1, 0.15) is 12.2 Å². The van der Waals surface area contributed by atoms with E-state index < -0.39 is 5.79 Å². The largest absolute Gasteiger partial charge is 0.443 e. The van der Waals surface area contributed by atoms with E-state index in [4.69, 9.17) is 14.2 Å². The summed E-state index contributed by atoms with van der Waals surface area (Å²) in [4.78, 5) is 14.3. The molecule has 0 N–H and O–H groups in total. The molecule has 0 aromatic carbocycles. The van der Waals surface area contributed by atoms with Crippen molar-refractivity contribution in [2.45, 2.75) is 98.5 Å². The third-order valence-electron chi connectivity index (χ3n) is 3.89. The third kappa shape index (κ3) is 4.59. The molecule has 1 rings (SSSR count). The zero-order valence-corrected chi connectivity index (χ0v) is 15.5. The maximum atomic E-state index is 12.6. The number of carbonyl (C=O) groups is 1. The Morgan fingerprint density at radius 1 is 1.05 bits per heavy atom. The van der Waals surface area contributed by atoms with Crippen molar-refractivity contribution in [2.75, 3.05) is 0 Å². The van der Waals surface area contributed by atoms with Crippen LogP contribution in [0.15, 0.2) is 0 Å². The Bertz CT molecular complexity index is 371. The molecule has 1 fully saturated rings. The van der Waals surface area contributed by atoms with E-state index >= 15 is 0 Å². The van der Waals surface area contributed by atoms with Crippen LogP contribution in [-0.2, 0) is 14.2 Å². The molecule has 1 amide bonds. The van der Waals surface area contributed by atoms with Gasteiger partial charge in [-0.1, -0.05) is 13.8 Å². The van der Waals surface area contributed by atoms with Crippen LogP contribution >= 0.6 is 0 Å². The van der Waals surface area contributed by atoms with Gasteiger partial charge in [-0.2, -0.15) is 0 Å². The molecule has 0 radical (unpaired) electrons. The van der Waals surface area contributed by atoms with Gasteiger partial charge in [-0.3, -0.25) is 0 Å². The summed E-state index contributed by atoms with van der Waals surface area (Å²) in [6.07, 6.45) is -0.977. The summed E-state index contributed by atoms with van der Waals surface area (Å²) in [5.74, 6) is -0.491. The van der Waals surface area contributed by atoms with Crippen LogP contribution in [0.5, 0.6) is 0 Å². The van der Waals surface area contributed by atoms with E-state index in [0.29, 0.717) is 0 Å². The lowest BCUT2D eigenvalue weighted by molar-refractivity contribution is -0.158. The quantitative estimate of drug-likeness (QED) is 0.774. The van der Waals surface area contributed by atoms with Crippen molar-refractivity contribution >= 4 is 6.09 Å². The summed E-state index contributed by atoms with van der Waals surface area (Å²) in [5, 5.41) is 0. The summed E-state index contributed by atoms with van der Waals surface area (Å²) in [7, 11) is 0. The van der Waals surface area contributed by atoms with Gasteiger partial charge in [0.05, 0.1) is 6.10 Å². The fraction of sp³-hybridized carbons (Fsp3) is 0.941. The predicted octanol–water partition coefficient (Wildman–Crippen LogP) is 3.81. The molecule has 1 aliphatic rings. The number of hydrogen-bond donors (Lipinski definition) is 0. The van der Waals surface area contributed by atoms with E-state index in [1.807, 2.05) is 62.3 Å². The summed E-state index contributed by atoms with van der Waals surface area (Å²) >= 11 is 0. The average Bonchev–Trinajstić information content (AvgIpc) is 2.58. The zero-order valence-electron chi connectivity index (χ0n) is 15.5. The highest BCUT2D eigenvalue weighted by Gasteiger charge is 2.45. The first-order chi connectivity index (χ1) is 9.96. The normalized spacial score (nSPS) is 25.8. The van der Waals surface area contributed by atoms with Gasteiger partial charge in [-0.15, -0.1) is 0 Å². The van der Waals surface area contributed by atoms with E-state index in [-0.39, 0.29) is 42.4 Å². The Labute approximate surface area is 135 Å². The number of ether oxygens (including phenoxy) is 3. The molecule has 1 aliphatic heterocycles. The first-order valence-corrected chi connectivity index (χ1v) is 8.31. The van der Waals surface area contributed by atoms with Crippen molar-refractivity contribution < 1.29 is 19.0 Å². The summed E-state index contributed by atoms with van der Waals surface area (Å²) < 4.78 is 17.6. The maximum Gasteiger partial charge on any atom is 0.410 e. The smallest absolute Gasteiger partial charge is 0.410 e. The van der Waals surface area contributed by atoms with Gasteiger partial charge in [0.25, 0.3) is 0 Å². The molecule has 3 atom stereocenters. The predicted molar refractivity (Wildman–Crippen MR) is 86.7 cm³/mol. The monoisotopic (exact) mass is 315 g/mol. The van der Waals surface area contributed by atoms with Crippen molar-refractivity contribution in [3.8, 4) is 0 Å². The number of amides is 1. The van der Waals surface area contributed by atoms with E-state index in [2.05, 4.69) is 0 Å². The zero-order chi connectivity index (χ0) is 17.2. The Morgan fingerprint density at radius 3 is 1.86 bits per heavy atom. The van der Waals surface area contributed by atoms with Crippen molar-refractivity contribution in [3.05, 3.63) is 0 Å². The van der Waals surface area contributed by atoms with Crippen LogP contribution in [0.25, 0.3) is 0 Å². The fourth-order valence-electron chi connectivity index (χ4n) is 3.08. The molecule has 0 aromatic rings. The molecule has 0 saturated carbocycles. The van der Waals surface area contributed by atoms with Gasteiger partial charge in [-0.05, 0) is 54.4 Å². The number of carbonyl (C=O) groups excluding carboxylic acids is 1. The SMILES string of the molecule is CC(C)[C@@H](OC(=O)N(C(C)C)C(C)C)[C@@H]1OC(C)(C)O[C@H]1C. The molecule has 0 aliphatic carbocycles. The Hall–Kier alpha value is -0.810. The van der Waals surface area contributed by atoms with Crippen LogP contribution in [0.1, 0.15) is 62.3 Å². The molecular weight excluding hydrogens is 282 g/mol. The molecule has 1 saturated heterocycles. The maximum absolute atomic E-state index is 12.6. The molecular formula is C17H33NO4. The van der Waals surface area contributed by atoms with Crippen molar-refractivity contribution in [1.82, 2.24) is 4.90 Å². The van der Waals surface area contributed by atoms with Crippen LogP contribution in [0.4, 0.5) is 4.79 Å². The van der Waals surface area contributed by atoms with Crippen LogP contribution in [0, 0.1) is 5.92 Å². The van der Waals surface area contributed by atoms with Crippen LogP contribution in [-0.4, -0.2) is 47.2 Å². The fourth-order valence-corrected chi connectivity index (χ4v) is 3.08. The van der Waals surface area contributed by atoms with Gasteiger partial charge >= 0.3 is 6.09 Å². The molecule has 0 spiro atoms. The Morgan fingerprint density at radius 2 is 1.55 bits per heavy atom. The molecule has 5 nitrogen and oxygen atoms in total. The standard InChI is InChI=1S/C17H33NO4/c1-10(2)14(15-13(7)21-17(8,9)22-15)20-16(19)18(11(3)4)12(5)6/h10-15H,1-9H3/t13-,14+,15+/m0/s1. The minimum Gasteiger partial charge on any atom is -0.443 e. The van der Waals surface area contributed by atoms with Gasteiger partial charge in [0.2, 0.25) is 0 Å². The van der Waals surface area contributed by atoms with Crippen molar-refractivity contribution in [2.24, 2.45) is 5.92 Å². The van der Waals surface area contributed by atoms with Crippen LogP contribution in [0.3, 0.4) is 0 Å². The van der Waals surface area contributed by atoms with E-state index in [1.165, 1.54) is 0 Å². The van der Waals surface area contributed by atoms with Gasteiger partial charge in [0, 0.05) is 12.1 Å². The van der Waals surface area contributed by atoms with Crippen LogP contribution in [0.2, 0.25) is 0 Å². The highest BCUT2D eigenvalue weighted by atomic mass is 16.8. The van der Waals surface area contributed by atoms with Gasteiger partial charge in [-0.25, -0.2) is 4.79 Å². The number of hydrogen-bond acceptors (Lipinski definition) is 4. The van der Waals surface area contributed by atoms with E-state index in [9.17, 15) is 4.79 Å². The first kappa shape index (κ1) is 19.2. The molecule has 5 heteroatoms. The Kier molecular flexibility index (Phi) is 6.27. The second-order valence-corrected chi connectivity index (χ2v) is 7.49. The topological polar surface area (TPSA) is 48.0 Å². The second kappa shape index (κ2) is 7.18. The molecule has 22 heavy (non-hydrogen) atoms. The summed E-state index contributed by atoms with van der Waals surface area (Å²) in [5.41, 5.74) is 0. The minimum absolute atomic E-state index is 0.0925. The number of nitrogens with zero attached hydrogens (tertiary/aromatic N) is 1. The summed E-state index contributed by atoms with van der Waals surface area (Å²) in [6.45, 7) is 17.8. The highest BCUT2D eigenvalue weighted by Crippen LogP contribution is 2.33. The van der Waals surface area contributed by atoms with E-state index in [0.717, 1.165) is 0 Å². The lowest BCUT2D eigenvalue weighted by atomic mass is 9.98. The first-order valence-electron chi connectivity index (χ1n) is 8.31. The highest BCUT2D eigenvalue weighted by molar-refractivity contribution is 5.68. The molecule has 1 heterocycles. The summed E-state index contributed by atoms with van der Waals surface area (Å²) in [6, 6.07) is 0.185. The third-order valence-corrected chi connectivity index (χ3v) is 3.89. The number of rotatable bonds is 5. The minimum atomic E-state index is -0.639. The van der Waals surface area contributed by atoms with E-state index in [1.54, 1.807) is 4.90 Å². The van der Waals surface area contributed by atoms with Crippen molar-refractivity contribution in [3.63, 3.8) is 0 Å². The molecule has 0 bridgehead atoms.